The highest BCUT2D eigenvalue weighted by molar-refractivity contribution is 5.83. The van der Waals surface area contributed by atoms with E-state index in [1.165, 1.54) is 11.1 Å². The second-order valence-electron chi connectivity index (χ2n) is 7.62. The first kappa shape index (κ1) is 18.3. The maximum absolute atomic E-state index is 9.45. The number of anilines is 1. The molecule has 1 N–H and O–H groups in total. The number of nitrogens with one attached hydrogen (secondary N) is 1. The summed E-state index contributed by atoms with van der Waals surface area (Å²) < 4.78 is 1.96. The van der Waals surface area contributed by atoms with Crippen LogP contribution in [0.4, 0.5) is 5.82 Å². The van der Waals surface area contributed by atoms with Crippen molar-refractivity contribution in [1.82, 2.24) is 19.5 Å². The Labute approximate surface area is 175 Å². The summed E-state index contributed by atoms with van der Waals surface area (Å²) in [5.74, 6) is 2.29. The molecule has 6 heteroatoms. The van der Waals surface area contributed by atoms with Gasteiger partial charge < -0.3 is 5.32 Å². The van der Waals surface area contributed by atoms with Crippen LogP contribution in [0.2, 0.25) is 0 Å². The summed E-state index contributed by atoms with van der Waals surface area (Å²) in [5, 5.41) is 13.0. The fourth-order valence-electron chi connectivity index (χ4n) is 4.17. The van der Waals surface area contributed by atoms with Crippen LogP contribution in [0, 0.1) is 18.3 Å². The summed E-state index contributed by atoms with van der Waals surface area (Å²) in [4.78, 5) is 14.5. The maximum Gasteiger partial charge on any atom is 0.237 e. The summed E-state index contributed by atoms with van der Waals surface area (Å²) in [5.41, 5.74) is 5.66. The van der Waals surface area contributed by atoms with Gasteiger partial charge in [-0.05, 0) is 50.3 Å². The lowest BCUT2D eigenvalue weighted by Crippen LogP contribution is -2.16. The minimum absolute atomic E-state index is 0.565. The molecular formula is C24H22N6. The van der Waals surface area contributed by atoms with E-state index in [1.807, 2.05) is 41.8 Å². The van der Waals surface area contributed by atoms with Gasteiger partial charge in [0.2, 0.25) is 5.95 Å². The van der Waals surface area contributed by atoms with Crippen LogP contribution < -0.4 is 5.32 Å². The number of aromatic nitrogens is 4. The molecule has 0 unspecified atom stereocenters. The smallest absolute Gasteiger partial charge is 0.237 e. The van der Waals surface area contributed by atoms with Crippen molar-refractivity contribution >= 4 is 16.9 Å². The van der Waals surface area contributed by atoms with Crippen LogP contribution in [0.25, 0.3) is 17.0 Å². The Balaban J connectivity index is 1.62. The molecule has 0 saturated carbocycles. The van der Waals surface area contributed by atoms with Gasteiger partial charge in [0, 0.05) is 12.1 Å². The Bertz CT molecular complexity index is 1270. The van der Waals surface area contributed by atoms with E-state index in [-0.39, 0.29) is 0 Å². The number of fused-ring (bicyclic) bond motifs is 2. The fraction of sp³-hybridized carbons (Fsp3) is 0.250. The summed E-state index contributed by atoms with van der Waals surface area (Å²) in [6, 6.07) is 18.2. The summed E-state index contributed by atoms with van der Waals surface area (Å²) in [7, 11) is 0. The molecule has 0 bridgehead atoms. The number of hydrogen-bond acceptors (Lipinski definition) is 5. The Morgan fingerprint density at radius 1 is 1.00 bits per heavy atom. The van der Waals surface area contributed by atoms with Crippen LogP contribution in [0.15, 0.2) is 48.5 Å². The van der Waals surface area contributed by atoms with Gasteiger partial charge in [0.05, 0.1) is 16.8 Å². The van der Waals surface area contributed by atoms with Gasteiger partial charge in [-0.1, -0.05) is 36.4 Å². The average Bonchev–Trinajstić information content (AvgIpc) is 3.13. The lowest BCUT2D eigenvalue weighted by molar-refractivity contribution is 0.658. The number of imidazole rings is 1. The monoisotopic (exact) mass is 394 g/mol. The van der Waals surface area contributed by atoms with Crippen LogP contribution in [0.1, 0.15) is 41.1 Å². The normalized spacial score (nSPS) is 13.1. The molecule has 2 aromatic heterocycles. The fourth-order valence-corrected chi connectivity index (χ4v) is 4.17. The van der Waals surface area contributed by atoms with Gasteiger partial charge in [0.25, 0.3) is 0 Å². The zero-order valence-electron chi connectivity index (χ0n) is 16.9. The Morgan fingerprint density at radius 3 is 2.67 bits per heavy atom. The minimum Gasteiger partial charge on any atom is -0.366 e. The number of aryl methyl sites for hydroxylation is 2. The molecule has 0 saturated heterocycles. The predicted molar refractivity (Wildman–Crippen MR) is 117 cm³/mol. The highest BCUT2D eigenvalue weighted by Crippen LogP contribution is 2.29. The molecule has 148 valence electrons. The molecule has 0 fully saturated rings. The first-order chi connectivity index (χ1) is 14.7. The van der Waals surface area contributed by atoms with Crippen LogP contribution in [-0.2, 0) is 19.4 Å². The lowest BCUT2D eigenvalue weighted by Gasteiger charge is -2.20. The molecule has 0 atom stereocenters. The molecule has 5 rings (SSSR count). The van der Waals surface area contributed by atoms with Crippen molar-refractivity contribution < 1.29 is 0 Å². The average molecular weight is 394 g/mol. The van der Waals surface area contributed by atoms with Gasteiger partial charge in [0.1, 0.15) is 23.2 Å². The summed E-state index contributed by atoms with van der Waals surface area (Å²) in [6.07, 6.45) is 4.26. The lowest BCUT2D eigenvalue weighted by atomic mass is 9.96. The third kappa shape index (κ3) is 3.18. The molecule has 0 radical (unpaired) electrons. The third-order valence-electron chi connectivity index (χ3n) is 5.65. The van der Waals surface area contributed by atoms with Crippen LogP contribution in [0.3, 0.4) is 0 Å². The van der Waals surface area contributed by atoms with Gasteiger partial charge in [0.15, 0.2) is 0 Å². The number of hydrogen-bond donors (Lipinski definition) is 1. The SMILES string of the molecule is Cc1nc2c(C#N)cccc2n1-c1nc2c(c(NCc3ccccc3)n1)CCCC2. The van der Waals surface area contributed by atoms with E-state index in [0.29, 0.717) is 23.6 Å². The first-order valence-electron chi connectivity index (χ1n) is 10.3. The Kier molecular flexibility index (Phi) is 4.64. The molecule has 0 aliphatic heterocycles. The van der Waals surface area contributed by atoms with Gasteiger partial charge in [-0.3, -0.25) is 4.57 Å². The third-order valence-corrected chi connectivity index (χ3v) is 5.65. The van der Waals surface area contributed by atoms with Crippen molar-refractivity contribution in [2.75, 3.05) is 5.32 Å². The quantitative estimate of drug-likeness (QED) is 0.552. The molecule has 2 heterocycles. The van der Waals surface area contributed by atoms with Gasteiger partial charge >= 0.3 is 0 Å². The molecule has 2 aromatic carbocycles. The molecule has 4 aromatic rings. The van der Waals surface area contributed by atoms with Crippen molar-refractivity contribution in [3.63, 3.8) is 0 Å². The van der Waals surface area contributed by atoms with E-state index in [0.717, 1.165) is 48.5 Å². The number of nitriles is 1. The van der Waals surface area contributed by atoms with Crippen molar-refractivity contribution in [1.29, 1.82) is 5.26 Å². The number of rotatable bonds is 4. The van der Waals surface area contributed by atoms with Crippen molar-refractivity contribution in [2.45, 2.75) is 39.2 Å². The predicted octanol–water partition coefficient (Wildman–Crippen LogP) is 4.49. The molecular weight excluding hydrogens is 372 g/mol. The first-order valence-corrected chi connectivity index (χ1v) is 10.3. The Morgan fingerprint density at radius 2 is 1.83 bits per heavy atom. The van der Waals surface area contributed by atoms with Gasteiger partial charge in [-0.2, -0.15) is 10.2 Å². The highest BCUT2D eigenvalue weighted by atomic mass is 15.2. The van der Waals surface area contributed by atoms with E-state index < -0.39 is 0 Å². The second-order valence-corrected chi connectivity index (χ2v) is 7.62. The highest BCUT2D eigenvalue weighted by Gasteiger charge is 2.21. The number of nitrogens with zero attached hydrogens (tertiary/aromatic N) is 5. The van der Waals surface area contributed by atoms with Gasteiger partial charge in [-0.15, -0.1) is 0 Å². The zero-order chi connectivity index (χ0) is 20.5. The zero-order valence-corrected chi connectivity index (χ0v) is 16.9. The van der Waals surface area contributed by atoms with E-state index in [4.69, 9.17) is 9.97 Å². The van der Waals surface area contributed by atoms with E-state index in [2.05, 4.69) is 28.5 Å². The number of benzene rings is 2. The van der Waals surface area contributed by atoms with Crippen LogP contribution in [0.5, 0.6) is 0 Å². The van der Waals surface area contributed by atoms with Crippen molar-refractivity contribution in [2.24, 2.45) is 0 Å². The largest absolute Gasteiger partial charge is 0.366 e. The standard InChI is InChI=1S/C24H22N6/c1-16-27-22-18(14-25)10-7-13-21(22)30(16)24-28-20-12-6-5-11-19(20)23(29-24)26-15-17-8-3-2-4-9-17/h2-4,7-10,13H,5-6,11-12,15H2,1H3,(H,26,28,29). The maximum atomic E-state index is 9.45. The summed E-state index contributed by atoms with van der Waals surface area (Å²) >= 11 is 0. The molecule has 1 aliphatic carbocycles. The Hall–Kier alpha value is -3.72. The van der Waals surface area contributed by atoms with E-state index in [1.54, 1.807) is 6.07 Å². The molecule has 0 amide bonds. The minimum atomic E-state index is 0.565. The van der Waals surface area contributed by atoms with Crippen LogP contribution >= 0.6 is 0 Å². The van der Waals surface area contributed by atoms with Crippen molar-refractivity contribution in [3.8, 4) is 12.0 Å². The molecule has 30 heavy (non-hydrogen) atoms. The molecule has 0 spiro atoms. The van der Waals surface area contributed by atoms with Crippen molar-refractivity contribution in [3.05, 3.63) is 76.7 Å². The van der Waals surface area contributed by atoms with E-state index >= 15 is 0 Å². The molecule has 1 aliphatic rings. The molecule has 6 nitrogen and oxygen atoms in total. The van der Waals surface area contributed by atoms with Crippen LogP contribution in [-0.4, -0.2) is 19.5 Å². The summed E-state index contributed by atoms with van der Waals surface area (Å²) in [6.45, 7) is 2.65. The topological polar surface area (TPSA) is 79.4 Å². The number of para-hydroxylation sites is 1. The van der Waals surface area contributed by atoms with Gasteiger partial charge in [-0.25, -0.2) is 9.97 Å². The van der Waals surface area contributed by atoms with E-state index in [9.17, 15) is 5.26 Å². The second kappa shape index (κ2) is 7.60.